The minimum Gasteiger partial charge on any atom is -0.325 e. The molecule has 0 bridgehead atoms. The first-order valence-electron chi connectivity index (χ1n) is 3.23. The Morgan fingerprint density at radius 3 is 3.00 bits per heavy atom. The number of hydrogen-bond donors (Lipinski definition) is 2. The first-order chi connectivity index (χ1) is 5.25. The van der Waals surface area contributed by atoms with Crippen LogP contribution in [0.4, 0.5) is 0 Å². The maximum Gasteiger partial charge on any atom is 0.256 e. The molecule has 11 heavy (non-hydrogen) atoms. The minimum absolute atomic E-state index is 0.233. The van der Waals surface area contributed by atoms with Crippen molar-refractivity contribution in [3.8, 4) is 0 Å². The molecule has 0 aliphatic carbocycles. The Morgan fingerprint density at radius 1 is 1.82 bits per heavy atom. The van der Waals surface area contributed by atoms with E-state index in [1.165, 1.54) is 0 Å². The maximum absolute atomic E-state index is 10.9. The number of imidazole rings is 1. The minimum atomic E-state index is -0.303. The number of hydrazine groups is 1. The fraction of sp³-hybridized carbons (Fsp3) is 0.333. The SMILES string of the molecule is CC(C(=O)NN)n1ccnc1. The van der Waals surface area contributed by atoms with Crippen molar-refractivity contribution in [3.05, 3.63) is 18.7 Å². The van der Waals surface area contributed by atoms with Gasteiger partial charge in [0.05, 0.1) is 6.33 Å². The summed E-state index contributed by atoms with van der Waals surface area (Å²) >= 11 is 0. The Bertz CT molecular complexity index is 231. The third-order valence-corrected chi connectivity index (χ3v) is 1.49. The van der Waals surface area contributed by atoms with E-state index in [1.807, 2.05) is 0 Å². The number of carbonyl (C=O) groups is 1. The number of nitrogens with zero attached hydrogens (tertiary/aromatic N) is 2. The van der Waals surface area contributed by atoms with Crippen LogP contribution in [0.25, 0.3) is 0 Å². The third-order valence-electron chi connectivity index (χ3n) is 1.49. The summed E-state index contributed by atoms with van der Waals surface area (Å²) in [5.74, 6) is 4.71. The highest BCUT2D eigenvalue weighted by atomic mass is 16.2. The summed E-state index contributed by atoms with van der Waals surface area (Å²) in [4.78, 5) is 14.7. The van der Waals surface area contributed by atoms with Crippen LogP contribution < -0.4 is 11.3 Å². The van der Waals surface area contributed by atoms with Crippen molar-refractivity contribution in [2.45, 2.75) is 13.0 Å². The van der Waals surface area contributed by atoms with E-state index in [1.54, 1.807) is 30.2 Å². The van der Waals surface area contributed by atoms with Gasteiger partial charge in [0.15, 0.2) is 0 Å². The lowest BCUT2D eigenvalue weighted by atomic mass is 10.3. The third kappa shape index (κ3) is 1.56. The smallest absolute Gasteiger partial charge is 0.256 e. The van der Waals surface area contributed by atoms with Crippen LogP contribution in [0, 0.1) is 0 Å². The van der Waals surface area contributed by atoms with Crippen LogP contribution in [0.3, 0.4) is 0 Å². The number of aromatic nitrogens is 2. The van der Waals surface area contributed by atoms with Crippen LogP contribution >= 0.6 is 0 Å². The van der Waals surface area contributed by atoms with Crippen molar-refractivity contribution in [2.75, 3.05) is 0 Å². The van der Waals surface area contributed by atoms with Crippen LogP contribution in [-0.2, 0) is 4.79 Å². The molecule has 0 radical (unpaired) electrons. The second-order valence-corrected chi connectivity index (χ2v) is 2.19. The van der Waals surface area contributed by atoms with Crippen LogP contribution in [0.1, 0.15) is 13.0 Å². The molecule has 0 aliphatic rings. The molecule has 5 heteroatoms. The lowest BCUT2D eigenvalue weighted by Gasteiger charge is -2.09. The molecule has 1 atom stereocenters. The van der Waals surface area contributed by atoms with Gasteiger partial charge in [0.1, 0.15) is 6.04 Å². The van der Waals surface area contributed by atoms with Crippen molar-refractivity contribution in [3.63, 3.8) is 0 Å². The first kappa shape index (κ1) is 7.74. The highest BCUT2D eigenvalue weighted by molar-refractivity contribution is 5.79. The van der Waals surface area contributed by atoms with Gasteiger partial charge in [-0.1, -0.05) is 0 Å². The molecule has 1 rings (SSSR count). The van der Waals surface area contributed by atoms with Crippen molar-refractivity contribution in [1.29, 1.82) is 0 Å². The van der Waals surface area contributed by atoms with Crippen LogP contribution in [0.15, 0.2) is 18.7 Å². The van der Waals surface area contributed by atoms with Gasteiger partial charge in [-0.15, -0.1) is 0 Å². The van der Waals surface area contributed by atoms with E-state index >= 15 is 0 Å². The van der Waals surface area contributed by atoms with Gasteiger partial charge in [-0.2, -0.15) is 0 Å². The lowest BCUT2D eigenvalue weighted by Crippen LogP contribution is -2.35. The van der Waals surface area contributed by atoms with E-state index in [-0.39, 0.29) is 11.9 Å². The highest BCUT2D eigenvalue weighted by Crippen LogP contribution is 2.02. The number of amides is 1. The van der Waals surface area contributed by atoms with Crippen molar-refractivity contribution in [1.82, 2.24) is 15.0 Å². The Labute approximate surface area is 64.2 Å². The van der Waals surface area contributed by atoms with E-state index in [2.05, 4.69) is 10.4 Å². The molecular weight excluding hydrogens is 144 g/mol. The molecule has 0 saturated heterocycles. The fourth-order valence-corrected chi connectivity index (χ4v) is 0.755. The average molecular weight is 154 g/mol. The summed E-state index contributed by atoms with van der Waals surface area (Å²) in [6, 6.07) is -0.303. The van der Waals surface area contributed by atoms with Crippen LogP contribution in [-0.4, -0.2) is 15.5 Å². The average Bonchev–Trinajstić information content (AvgIpc) is 2.53. The summed E-state index contributed by atoms with van der Waals surface area (Å²) in [6.45, 7) is 1.74. The van der Waals surface area contributed by atoms with Crippen LogP contribution in [0.5, 0.6) is 0 Å². The summed E-state index contributed by atoms with van der Waals surface area (Å²) < 4.78 is 1.67. The normalized spacial score (nSPS) is 12.5. The van der Waals surface area contributed by atoms with E-state index in [9.17, 15) is 4.79 Å². The van der Waals surface area contributed by atoms with Gasteiger partial charge in [-0.25, -0.2) is 10.8 Å². The largest absolute Gasteiger partial charge is 0.325 e. The van der Waals surface area contributed by atoms with Crippen LogP contribution in [0.2, 0.25) is 0 Å². The topological polar surface area (TPSA) is 72.9 Å². The number of hydrogen-bond acceptors (Lipinski definition) is 3. The Morgan fingerprint density at radius 2 is 2.55 bits per heavy atom. The van der Waals surface area contributed by atoms with Gasteiger partial charge in [-0.05, 0) is 6.92 Å². The summed E-state index contributed by atoms with van der Waals surface area (Å²) in [7, 11) is 0. The predicted octanol–water partition coefficient (Wildman–Crippen LogP) is -0.566. The van der Waals surface area contributed by atoms with E-state index in [0.29, 0.717) is 0 Å². The molecule has 0 aromatic carbocycles. The molecule has 1 amide bonds. The zero-order valence-corrected chi connectivity index (χ0v) is 6.19. The number of nitrogens with two attached hydrogens (primary N) is 1. The molecule has 3 N–H and O–H groups in total. The molecule has 0 aliphatic heterocycles. The van der Waals surface area contributed by atoms with Gasteiger partial charge < -0.3 is 4.57 Å². The molecule has 1 aromatic rings. The number of nitrogens with one attached hydrogen (secondary N) is 1. The van der Waals surface area contributed by atoms with E-state index in [4.69, 9.17) is 5.84 Å². The fourth-order valence-electron chi connectivity index (χ4n) is 0.755. The molecule has 1 heterocycles. The Balaban J connectivity index is 2.70. The van der Waals surface area contributed by atoms with Gasteiger partial charge >= 0.3 is 0 Å². The number of carbonyl (C=O) groups excluding carboxylic acids is 1. The molecular formula is C6H10N4O. The number of rotatable bonds is 2. The molecule has 0 saturated carbocycles. The predicted molar refractivity (Wildman–Crippen MR) is 39.3 cm³/mol. The van der Waals surface area contributed by atoms with E-state index < -0.39 is 0 Å². The van der Waals surface area contributed by atoms with Crippen molar-refractivity contribution in [2.24, 2.45) is 5.84 Å². The van der Waals surface area contributed by atoms with Crippen molar-refractivity contribution >= 4 is 5.91 Å². The van der Waals surface area contributed by atoms with Gasteiger partial charge in [-0.3, -0.25) is 10.2 Å². The molecule has 0 spiro atoms. The molecule has 1 aromatic heterocycles. The van der Waals surface area contributed by atoms with Gasteiger partial charge in [0.2, 0.25) is 0 Å². The zero-order chi connectivity index (χ0) is 8.27. The Hall–Kier alpha value is -1.36. The maximum atomic E-state index is 10.9. The molecule has 0 fully saturated rings. The lowest BCUT2D eigenvalue weighted by molar-refractivity contribution is -0.123. The molecule has 60 valence electrons. The quantitative estimate of drug-likeness (QED) is 0.340. The summed E-state index contributed by atoms with van der Waals surface area (Å²) in [5, 5.41) is 0. The molecule has 5 nitrogen and oxygen atoms in total. The van der Waals surface area contributed by atoms with Gasteiger partial charge in [0.25, 0.3) is 5.91 Å². The monoisotopic (exact) mass is 154 g/mol. The standard InChI is InChI=1S/C6H10N4O/c1-5(6(11)9-7)10-3-2-8-4-10/h2-5H,7H2,1H3,(H,9,11). The Kier molecular flexibility index (Phi) is 2.22. The second kappa shape index (κ2) is 3.16. The molecule has 1 unspecified atom stereocenters. The van der Waals surface area contributed by atoms with E-state index in [0.717, 1.165) is 0 Å². The zero-order valence-electron chi connectivity index (χ0n) is 6.19. The second-order valence-electron chi connectivity index (χ2n) is 2.19. The first-order valence-corrected chi connectivity index (χ1v) is 3.23. The van der Waals surface area contributed by atoms with Crippen molar-refractivity contribution < 1.29 is 4.79 Å². The highest BCUT2D eigenvalue weighted by Gasteiger charge is 2.11. The summed E-state index contributed by atoms with van der Waals surface area (Å²) in [5.41, 5.74) is 2.07. The van der Waals surface area contributed by atoms with Gasteiger partial charge in [0, 0.05) is 12.4 Å². The summed E-state index contributed by atoms with van der Waals surface area (Å²) in [6.07, 6.45) is 4.89.